The Kier molecular flexibility index (Phi) is 4.60. The number of hydrogen-bond donors (Lipinski definition) is 0. The number of carbonyl (C=O) groups is 2. The molecule has 1 heterocycles. The molecule has 1 aliphatic heterocycles. The van der Waals surface area contributed by atoms with Gasteiger partial charge in [0, 0.05) is 39.3 Å². The number of fused-ring (bicyclic) bond motifs is 1. The van der Waals surface area contributed by atoms with Crippen LogP contribution in [0.25, 0.3) is 0 Å². The van der Waals surface area contributed by atoms with Crippen LogP contribution in [0.4, 0.5) is 0 Å². The van der Waals surface area contributed by atoms with E-state index in [-0.39, 0.29) is 17.6 Å². The summed E-state index contributed by atoms with van der Waals surface area (Å²) >= 11 is 0. The third kappa shape index (κ3) is 3.08. The lowest BCUT2D eigenvalue weighted by Crippen LogP contribution is -2.48. The minimum atomic E-state index is -0.607. The van der Waals surface area contributed by atoms with Crippen LogP contribution in [0, 0.1) is 11.3 Å². The topological polar surface area (TPSA) is 40.6 Å². The predicted molar refractivity (Wildman–Crippen MR) is 105 cm³/mol. The monoisotopic (exact) mass is 362 g/mol. The van der Waals surface area contributed by atoms with Crippen molar-refractivity contribution in [1.29, 1.82) is 0 Å². The van der Waals surface area contributed by atoms with Gasteiger partial charge in [-0.15, -0.1) is 0 Å². The third-order valence-corrected chi connectivity index (χ3v) is 6.16. The molecule has 2 aromatic rings. The van der Waals surface area contributed by atoms with Gasteiger partial charge in [0.2, 0.25) is 5.91 Å². The zero-order valence-electron chi connectivity index (χ0n) is 16.0. The van der Waals surface area contributed by atoms with Crippen molar-refractivity contribution < 1.29 is 9.59 Å². The largest absolute Gasteiger partial charge is 0.349 e. The average Bonchev–Trinajstić information content (AvgIpc) is 3.04. The fourth-order valence-corrected chi connectivity index (χ4v) is 4.78. The normalized spacial score (nSPS) is 24.8. The summed E-state index contributed by atoms with van der Waals surface area (Å²) in [5.74, 6) is -0.0597. The zero-order valence-corrected chi connectivity index (χ0v) is 16.0. The van der Waals surface area contributed by atoms with E-state index in [0.29, 0.717) is 13.1 Å². The number of aryl methyl sites for hydroxylation is 1. The van der Waals surface area contributed by atoms with Crippen LogP contribution in [-0.2, 0) is 17.8 Å². The van der Waals surface area contributed by atoms with Crippen LogP contribution in [-0.4, -0.2) is 48.7 Å². The van der Waals surface area contributed by atoms with Gasteiger partial charge in [-0.2, -0.15) is 0 Å². The maximum absolute atomic E-state index is 13.6. The molecule has 140 valence electrons. The second kappa shape index (κ2) is 6.93. The number of hydrogen-bond acceptors (Lipinski definition) is 3. The number of nitrogens with zero attached hydrogens (tertiary/aromatic N) is 2. The number of amides is 1. The smallest absolute Gasteiger partial charge is 0.227 e. The van der Waals surface area contributed by atoms with Crippen LogP contribution in [0.5, 0.6) is 0 Å². The molecule has 1 fully saturated rings. The average molecular weight is 362 g/mol. The van der Waals surface area contributed by atoms with Gasteiger partial charge in [0.1, 0.15) is 0 Å². The summed E-state index contributed by atoms with van der Waals surface area (Å²) in [7, 11) is 3.58. The third-order valence-electron chi connectivity index (χ3n) is 6.16. The Balaban J connectivity index is 1.68. The number of ketones is 1. The van der Waals surface area contributed by atoms with E-state index in [1.54, 1.807) is 19.0 Å². The summed E-state index contributed by atoms with van der Waals surface area (Å²) in [6.07, 6.45) is 1.61. The van der Waals surface area contributed by atoms with Gasteiger partial charge in [0.05, 0.1) is 11.3 Å². The van der Waals surface area contributed by atoms with Crippen molar-refractivity contribution in [3.05, 3.63) is 71.3 Å². The molecule has 2 aliphatic rings. The fourth-order valence-electron chi connectivity index (χ4n) is 4.78. The molecule has 1 spiro atoms. The standard InChI is InChI=1S/C23H26N2O2/c1-24(2)22(27)20-15-25(14-17-8-4-3-5-9-17)16-23(20)13-12-18-10-6-7-11-19(18)21(23)26/h3-11,20H,12-16H2,1-2H3/t20-,23+/m1/s1. The molecule has 27 heavy (non-hydrogen) atoms. The van der Waals surface area contributed by atoms with E-state index in [9.17, 15) is 9.59 Å². The lowest BCUT2D eigenvalue weighted by atomic mass is 9.64. The number of likely N-dealkylation sites (tertiary alicyclic amines) is 1. The fraction of sp³-hybridized carbons (Fsp3) is 0.391. The van der Waals surface area contributed by atoms with E-state index >= 15 is 0 Å². The Hall–Kier alpha value is -2.46. The summed E-state index contributed by atoms with van der Waals surface area (Å²) < 4.78 is 0. The van der Waals surface area contributed by atoms with Crippen molar-refractivity contribution >= 4 is 11.7 Å². The van der Waals surface area contributed by atoms with E-state index in [2.05, 4.69) is 17.0 Å². The van der Waals surface area contributed by atoms with Crippen LogP contribution in [0.1, 0.15) is 27.9 Å². The van der Waals surface area contributed by atoms with Gasteiger partial charge in [0.25, 0.3) is 0 Å². The van der Waals surface area contributed by atoms with Crippen LogP contribution in [0.15, 0.2) is 54.6 Å². The molecule has 4 rings (SSSR count). The van der Waals surface area contributed by atoms with Gasteiger partial charge in [0.15, 0.2) is 5.78 Å². The highest BCUT2D eigenvalue weighted by atomic mass is 16.2. The molecule has 0 bridgehead atoms. The van der Waals surface area contributed by atoms with E-state index in [0.717, 1.165) is 30.5 Å². The maximum Gasteiger partial charge on any atom is 0.227 e. The molecule has 1 amide bonds. The maximum atomic E-state index is 13.6. The van der Waals surface area contributed by atoms with Crippen molar-refractivity contribution in [1.82, 2.24) is 9.80 Å². The Bertz CT molecular complexity index is 862. The lowest BCUT2D eigenvalue weighted by molar-refractivity contribution is -0.135. The van der Waals surface area contributed by atoms with Crippen molar-refractivity contribution in [2.24, 2.45) is 11.3 Å². The molecule has 2 atom stereocenters. The minimum absolute atomic E-state index is 0.0679. The molecule has 0 aromatic heterocycles. The quantitative estimate of drug-likeness (QED) is 0.843. The van der Waals surface area contributed by atoms with E-state index in [4.69, 9.17) is 0 Å². The molecule has 1 aliphatic carbocycles. The number of rotatable bonds is 3. The second-order valence-electron chi connectivity index (χ2n) is 8.08. The zero-order chi connectivity index (χ0) is 19.0. The molecule has 4 nitrogen and oxygen atoms in total. The van der Waals surface area contributed by atoms with Gasteiger partial charge in [-0.1, -0.05) is 54.6 Å². The number of Topliss-reactive ketones (excluding diaryl/α,β-unsaturated/α-hetero) is 1. The molecule has 4 heteroatoms. The summed E-state index contributed by atoms with van der Waals surface area (Å²) in [6, 6.07) is 18.2. The molecular weight excluding hydrogens is 336 g/mol. The Morgan fingerprint density at radius 3 is 2.56 bits per heavy atom. The SMILES string of the molecule is CN(C)C(=O)[C@H]1CN(Cc2ccccc2)C[C@@]12CCc1ccccc1C2=O. The summed E-state index contributed by atoms with van der Waals surface area (Å²) in [6.45, 7) is 2.06. The van der Waals surface area contributed by atoms with Crippen LogP contribution < -0.4 is 0 Å². The van der Waals surface area contributed by atoms with Crippen molar-refractivity contribution in [2.45, 2.75) is 19.4 Å². The molecule has 0 unspecified atom stereocenters. The van der Waals surface area contributed by atoms with E-state index in [1.807, 2.05) is 42.5 Å². The van der Waals surface area contributed by atoms with Crippen LogP contribution in [0.3, 0.4) is 0 Å². The van der Waals surface area contributed by atoms with Crippen LogP contribution in [0.2, 0.25) is 0 Å². The molecular formula is C23H26N2O2. The summed E-state index contributed by atoms with van der Waals surface area (Å²) in [5.41, 5.74) is 2.53. The molecule has 0 radical (unpaired) electrons. The Morgan fingerprint density at radius 2 is 1.81 bits per heavy atom. The molecule has 2 aromatic carbocycles. The minimum Gasteiger partial charge on any atom is -0.349 e. The predicted octanol–water partition coefficient (Wildman–Crippen LogP) is 3.02. The van der Waals surface area contributed by atoms with Gasteiger partial charge in [-0.3, -0.25) is 14.5 Å². The van der Waals surface area contributed by atoms with Gasteiger partial charge < -0.3 is 4.90 Å². The second-order valence-corrected chi connectivity index (χ2v) is 8.08. The van der Waals surface area contributed by atoms with E-state index in [1.165, 1.54) is 5.56 Å². The van der Waals surface area contributed by atoms with Crippen molar-refractivity contribution in [3.63, 3.8) is 0 Å². The Labute approximate surface area is 160 Å². The molecule has 0 N–H and O–H groups in total. The first-order valence-electron chi connectivity index (χ1n) is 9.61. The van der Waals surface area contributed by atoms with Gasteiger partial charge >= 0.3 is 0 Å². The highest BCUT2D eigenvalue weighted by Gasteiger charge is 2.56. The highest BCUT2D eigenvalue weighted by Crippen LogP contribution is 2.47. The number of carbonyl (C=O) groups excluding carboxylic acids is 2. The first-order chi connectivity index (χ1) is 13.0. The first-order valence-corrected chi connectivity index (χ1v) is 9.61. The molecule has 0 saturated carbocycles. The summed E-state index contributed by atoms with van der Waals surface area (Å²) in [5, 5.41) is 0. The van der Waals surface area contributed by atoms with Crippen LogP contribution >= 0.6 is 0 Å². The van der Waals surface area contributed by atoms with E-state index < -0.39 is 5.41 Å². The summed E-state index contributed by atoms with van der Waals surface area (Å²) in [4.78, 5) is 30.5. The van der Waals surface area contributed by atoms with Gasteiger partial charge in [-0.25, -0.2) is 0 Å². The highest BCUT2D eigenvalue weighted by molar-refractivity contribution is 6.05. The number of benzene rings is 2. The lowest BCUT2D eigenvalue weighted by Gasteiger charge is -2.37. The van der Waals surface area contributed by atoms with Gasteiger partial charge in [-0.05, 0) is 24.0 Å². The Morgan fingerprint density at radius 1 is 1.11 bits per heavy atom. The van der Waals surface area contributed by atoms with Crippen molar-refractivity contribution in [2.75, 3.05) is 27.2 Å². The first kappa shape index (κ1) is 17.9. The van der Waals surface area contributed by atoms with Crippen molar-refractivity contribution in [3.8, 4) is 0 Å². The molecule has 1 saturated heterocycles.